The van der Waals surface area contributed by atoms with E-state index in [0.717, 1.165) is 47.6 Å². The van der Waals surface area contributed by atoms with Crippen LogP contribution in [0.5, 0.6) is 0 Å². The van der Waals surface area contributed by atoms with E-state index in [2.05, 4.69) is 22.3 Å². The fourth-order valence-electron chi connectivity index (χ4n) is 4.81. The molecule has 0 bridgehead atoms. The van der Waals surface area contributed by atoms with Crippen molar-refractivity contribution in [1.29, 1.82) is 0 Å². The van der Waals surface area contributed by atoms with Crippen LogP contribution in [0.1, 0.15) is 67.1 Å². The molecule has 0 aliphatic carbocycles. The monoisotopic (exact) mass is 427 g/mol. The number of carbonyl (C=O) groups is 2. The largest absolute Gasteiger partial charge is 0.349 e. The molecule has 2 aliphatic rings. The van der Waals surface area contributed by atoms with E-state index in [0.29, 0.717) is 6.42 Å². The van der Waals surface area contributed by atoms with Gasteiger partial charge in [-0.2, -0.15) is 0 Å². The van der Waals surface area contributed by atoms with Gasteiger partial charge in [0.2, 0.25) is 5.91 Å². The molecule has 2 amide bonds. The topological polar surface area (TPSA) is 52.7 Å². The van der Waals surface area contributed by atoms with Gasteiger partial charge in [-0.05, 0) is 76.2 Å². The molecule has 3 heterocycles. The molecule has 0 spiro atoms. The summed E-state index contributed by atoms with van der Waals surface area (Å²) < 4.78 is 1.15. The summed E-state index contributed by atoms with van der Waals surface area (Å²) in [5.41, 5.74) is 1.14. The summed E-state index contributed by atoms with van der Waals surface area (Å²) >= 11 is 1.58. The van der Waals surface area contributed by atoms with Crippen LogP contribution in [0.3, 0.4) is 0 Å². The van der Waals surface area contributed by atoms with Crippen molar-refractivity contribution in [3.63, 3.8) is 0 Å². The number of likely N-dealkylation sites (tertiary alicyclic amines) is 2. The molecule has 1 atom stereocenters. The molecule has 6 heteroatoms. The van der Waals surface area contributed by atoms with Gasteiger partial charge in [-0.3, -0.25) is 9.59 Å². The lowest BCUT2D eigenvalue weighted by Gasteiger charge is -2.19. The zero-order chi connectivity index (χ0) is 21.1. The van der Waals surface area contributed by atoms with Crippen LogP contribution < -0.4 is 5.32 Å². The first kappa shape index (κ1) is 21.3. The smallest absolute Gasteiger partial charge is 0.261 e. The van der Waals surface area contributed by atoms with Gasteiger partial charge in [-0.1, -0.05) is 18.2 Å². The van der Waals surface area contributed by atoms with Gasteiger partial charge in [-0.25, -0.2) is 0 Å². The van der Waals surface area contributed by atoms with Crippen LogP contribution in [0.2, 0.25) is 0 Å². The lowest BCUT2D eigenvalue weighted by Crippen LogP contribution is -2.31. The minimum absolute atomic E-state index is 0.0107. The lowest BCUT2D eigenvalue weighted by molar-refractivity contribution is -0.130. The second kappa shape index (κ2) is 9.48. The molecule has 0 unspecified atom stereocenters. The maximum Gasteiger partial charge on any atom is 0.261 e. The number of hydrogen-bond donors (Lipinski definition) is 1. The predicted octanol–water partition coefficient (Wildman–Crippen LogP) is 4.23. The molecule has 162 valence electrons. The number of rotatable bonds is 7. The summed E-state index contributed by atoms with van der Waals surface area (Å²) in [6.07, 6.45) is 5.10. The number of nitrogens with zero attached hydrogens (tertiary/aromatic N) is 2. The van der Waals surface area contributed by atoms with Crippen LogP contribution in [0.25, 0.3) is 10.1 Å². The molecule has 0 saturated carbocycles. The molecule has 4 rings (SSSR count). The summed E-state index contributed by atoms with van der Waals surface area (Å²) in [6.45, 7) is 8.91. The summed E-state index contributed by atoms with van der Waals surface area (Å²) in [6, 6.07) is 8.38. The van der Waals surface area contributed by atoms with E-state index in [-0.39, 0.29) is 23.8 Å². The molecule has 2 aromatic rings. The SMILES string of the molecule is CC(C)NC(=O)c1sc2ccccc2c1[C@H]1CCN(C(=O)CCCN2CCCC2)C1. The normalized spacial score (nSPS) is 19.8. The Bertz CT molecular complexity index is 901. The van der Waals surface area contributed by atoms with E-state index in [1.54, 1.807) is 11.3 Å². The molecule has 30 heavy (non-hydrogen) atoms. The van der Waals surface area contributed by atoms with Crippen LogP contribution in [-0.2, 0) is 4.79 Å². The molecule has 2 fully saturated rings. The Morgan fingerprint density at radius 2 is 1.93 bits per heavy atom. The Labute approximate surface area is 183 Å². The van der Waals surface area contributed by atoms with Gasteiger partial charge in [0.15, 0.2) is 0 Å². The maximum atomic E-state index is 12.9. The van der Waals surface area contributed by atoms with Gasteiger partial charge >= 0.3 is 0 Å². The third kappa shape index (κ3) is 4.70. The Morgan fingerprint density at radius 1 is 1.17 bits per heavy atom. The second-order valence-electron chi connectivity index (χ2n) is 8.95. The Hall–Kier alpha value is -1.92. The van der Waals surface area contributed by atoms with E-state index in [4.69, 9.17) is 0 Å². The van der Waals surface area contributed by atoms with Crippen LogP contribution >= 0.6 is 11.3 Å². The number of fused-ring (bicyclic) bond motifs is 1. The molecular weight excluding hydrogens is 394 g/mol. The number of nitrogens with one attached hydrogen (secondary N) is 1. The van der Waals surface area contributed by atoms with Gasteiger partial charge < -0.3 is 15.1 Å². The van der Waals surface area contributed by atoms with E-state index in [1.807, 2.05) is 30.9 Å². The van der Waals surface area contributed by atoms with Crippen molar-refractivity contribution in [3.8, 4) is 0 Å². The Kier molecular flexibility index (Phi) is 6.74. The van der Waals surface area contributed by atoms with Crippen molar-refractivity contribution >= 4 is 33.2 Å². The van der Waals surface area contributed by atoms with Gasteiger partial charge in [0.1, 0.15) is 0 Å². The predicted molar refractivity (Wildman–Crippen MR) is 123 cm³/mol. The highest BCUT2D eigenvalue weighted by Gasteiger charge is 2.32. The Balaban J connectivity index is 1.45. The van der Waals surface area contributed by atoms with Gasteiger partial charge in [0.05, 0.1) is 4.88 Å². The van der Waals surface area contributed by atoms with E-state index >= 15 is 0 Å². The molecule has 1 N–H and O–H groups in total. The molecule has 2 saturated heterocycles. The third-order valence-electron chi connectivity index (χ3n) is 6.27. The first-order chi connectivity index (χ1) is 14.5. The number of benzene rings is 1. The van der Waals surface area contributed by atoms with Crippen molar-refractivity contribution < 1.29 is 9.59 Å². The maximum absolute atomic E-state index is 12.9. The Morgan fingerprint density at radius 3 is 2.70 bits per heavy atom. The zero-order valence-electron chi connectivity index (χ0n) is 18.2. The van der Waals surface area contributed by atoms with Crippen molar-refractivity contribution in [1.82, 2.24) is 15.1 Å². The molecule has 5 nitrogen and oxygen atoms in total. The summed E-state index contributed by atoms with van der Waals surface area (Å²) in [7, 11) is 0. The van der Waals surface area contributed by atoms with Crippen LogP contribution in [0.15, 0.2) is 24.3 Å². The average molecular weight is 428 g/mol. The van der Waals surface area contributed by atoms with Crippen molar-refractivity contribution in [3.05, 3.63) is 34.7 Å². The van der Waals surface area contributed by atoms with E-state index in [1.165, 1.54) is 31.3 Å². The van der Waals surface area contributed by atoms with Crippen molar-refractivity contribution in [2.75, 3.05) is 32.7 Å². The zero-order valence-corrected chi connectivity index (χ0v) is 19.0. The quantitative estimate of drug-likeness (QED) is 0.719. The summed E-state index contributed by atoms with van der Waals surface area (Å²) in [5, 5.41) is 4.23. The number of amides is 2. The fraction of sp³-hybridized carbons (Fsp3) is 0.583. The van der Waals surface area contributed by atoms with Crippen molar-refractivity contribution in [2.45, 2.75) is 57.9 Å². The van der Waals surface area contributed by atoms with E-state index < -0.39 is 0 Å². The molecule has 2 aliphatic heterocycles. The standard InChI is InChI=1S/C24H33N3O2S/c1-17(2)25-24(29)23-22(19-8-3-4-9-20(19)30-23)18-11-15-27(16-18)21(28)10-7-14-26-12-5-6-13-26/h3-4,8-9,17-18H,5-7,10-16H2,1-2H3,(H,25,29)/t18-/m0/s1. The fourth-order valence-corrected chi connectivity index (χ4v) is 6.00. The first-order valence-electron chi connectivity index (χ1n) is 11.4. The van der Waals surface area contributed by atoms with Gasteiger partial charge in [0, 0.05) is 36.2 Å². The van der Waals surface area contributed by atoms with Crippen molar-refractivity contribution in [2.24, 2.45) is 0 Å². The molecule has 1 aromatic heterocycles. The highest BCUT2D eigenvalue weighted by molar-refractivity contribution is 7.21. The number of thiophene rings is 1. The van der Waals surface area contributed by atoms with Crippen LogP contribution in [0, 0.1) is 0 Å². The number of hydrogen-bond acceptors (Lipinski definition) is 4. The molecular formula is C24H33N3O2S. The highest BCUT2D eigenvalue weighted by Crippen LogP contribution is 2.40. The third-order valence-corrected chi connectivity index (χ3v) is 7.46. The second-order valence-corrected chi connectivity index (χ2v) is 10.00. The number of carbonyl (C=O) groups excluding carboxylic acids is 2. The van der Waals surface area contributed by atoms with Gasteiger partial charge in [-0.15, -0.1) is 11.3 Å². The van der Waals surface area contributed by atoms with Gasteiger partial charge in [0.25, 0.3) is 5.91 Å². The summed E-state index contributed by atoms with van der Waals surface area (Å²) in [5.74, 6) is 0.512. The van der Waals surface area contributed by atoms with Crippen LogP contribution in [0.4, 0.5) is 0 Å². The minimum atomic E-state index is 0.0107. The molecule has 0 radical (unpaired) electrons. The molecule has 1 aromatic carbocycles. The first-order valence-corrected chi connectivity index (χ1v) is 12.2. The lowest BCUT2D eigenvalue weighted by atomic mass is 9.95. The van der Waals surface area contributed by atoms with Crippen LogP contribution in [-0.4, -0.2) is 60.4 Å². The minimum Gasteiger partial charge on any atom is -0.349 e. The van der Waals surface area contributed by atoms with E-state index in [9.17, 15) is 9.59 Å². The summed E-state index contributed by atoms with van der Waals surface area (Å²) in [4.78, 5) is 31.0. The average Bonchev–Trinajstić information content (AvgIpc) is 3.46. The highest BCUT2D eigenvalue weighted by atomic mass is 32.1.